The highest BCUT2D eigenvalue weighted by Crippen LogP contribution is 2.17. The summed E-state index contributed by atoms with van der Waals surface area (Å²) in [5, 5.41) is 6.28. The zero-order valence-electron chi connectivity index (χ0n) is 14.8. The van der Waals surface area contributed by atoms with Crippen LogP contribution in [0.1, 0.15) is 32.8 Å². The highest BCUT2D eigenvalue weighted by Gasteiger charge is 2.06. The van der Waals surface area contributed by atoms with Gasteiger partial charge in [-0.3, -0.25) is 4.79 Å². The predicted octanol–water partition coefficient (Wildman–Crippen LogP) is 2.71. The number of hydrogen-bond acceptors (Lipinski definition) is 4. The number of aliphatic imine (C=N–C) groups is 1. The van der Waals surface area contributed by atoms with Gasteiger partial charge in [-0.1, -0.05) is 18.2 Å². The lowest BCUT2D eigenvalue weighted by Crippen LogP contribution is -2.38. The Labute approximate surface area is 161 Å². The van der Waals surface area contributed by atoms with E-state index in [-0.39, 0.29) is 36.0 Å². The molecular weight excluding hydrogens is 421 g/mol. The first kappa shape index (κ1) is 22.5. The van der Waals surface area contributed by atoms with Crippen LogP contribution in [-0.2, 0) is 16.1 Å². The maximum Gasteiger partial charge on any atom is 0.307 e. The molecule has 2 N–H and O–H groups in total. The molecule has 0 aromatic heterocycles. The van der Waals surface area contributed by atoms with E-state index in [0.717, 1.165) is 17.9 Å². The minimum absolute atomic E-state index is 0. The molecule has 136 valence electrons. The van der Waals surface area contributed by atoms with Crippen molar-refractivity contribution in [3.05, 3.63) is 29.8 Å². The van der Waals surface area contributed by atoms with Crippen LogP contribution in [0.5, 0.6) is 5.75 Å². The lowest BCUT2D eigenvalue weighted by atomic mass is 10.2. The molecule has 0 aliphatic heterocycles. The molecule has 0 amide bonds. The molecule has 0 aliphatic carbocycles. The third kappa shape index (κ3) is 8.95. The summed E-state index contributed by atoms with van der Waals surface area (Å²) in [7, 11) is 1.65. The number of ether oxygens (including phenoxy) is 2. The van der Waals surface area contributed by atoms with Gasteiger partial charge in [-0.15, -0.1) is 24.0 Å². The van der Waals surface area contributed by atoms with Crippen molar-refractivity contribution in [2.75, 3.05) is 20.2 Å². The lowest BCUT2D eigenvalue weighted by Gasteiger charge is -2.12. The summed E-state index contributed by atoms with van der Waals surface area (Å²) in [5.41, 5.74) is 1.01. The van der Waals surface area contributed by atoms with Crippen molar-refractivity contribution >= 4 is 35.9 Å². The van der Waals surface area contributed by atoms with E-state index < -0.39 is 0 Å². The number of esters is 1. The molecule has 0 fully saturated rings. The summed E-state index contributed by atoms with van der Waals surface area (Å²) in [6.45, 7) is 7.38. The van der Waals surface area contributed by atoms with E-state index in [1.54, 1.807) is 7.11 Å². The monoisotopic (exact) mass is 449 g/mol. The summed E-state index contributed by atoms with van der Waals surface area (Å²) in [4.78, 5) is 16.0. The van der Waals surface area contributed by atoms with Crippen LogP contribution in [0.15, 0.2) is 29.3 Å². The third-order valence-corrected chi connectivity index (χ3v) is 2.93. The number of nitrogens with zero attached hydrogens (tertiary/aromatic N) is 1. The Morgan fingerprint density at radius 2 is 1.96 bits per heavy atom. The molecule has 0 saturated carbocycles. The van der Waals surface area contributed by atoms with Crippen LogP contribution < -0.4 is 15.4 Å². The number of para-hydroxylation sites is 1. The van der Waals surface area contributed by atoms with Gasteiger partial charge in [0.1, 0.15) is 5.75 Å². The lowest BCUT2D eigenvalue weighted by molar-refractivity contribution is -0.147. The second-order valence-electron chi connectivity index (χ2n) is 5.22. The van der Waals surface area contributed by atoms with Crippen molar-refractivity contribution in [3.8, 4) is 5.75 Å². The molecule has 1 aromatic rings. The van der Waals surface area contributed by atoms with Gasteiger partial charge in [-0.25, -0.2) is 4.99 Å². The van der Waals surface area contributed by atoms with Crippen LogP contribution in [0.4, 0.5) is 0 Å². The summed E-state index contributed by atoms with van der Waals surface area (Å²) in [5.74, 6) is 1.26. The van der Waals surface area contributed by atoms with Gasteiger partial charge >= 0.3 is 5.97 Å². The summed E-state index contributed by atoms with van der Waals surface area (Å²) in [6, 6.07) is 7.77. The summed E-state index contributed by atoms with van der Waals surface area (Å²) in [6.07, 6.45) is 0.215. The molecule has 0 spiro atoms. The van der Waals surface area contributed by atoms with Crippen LogP contribution in [-0.4, -0.2) is 38.2 Å². The summed E-state index contributed by atoms with van der Waals surface area (Å²) >= 11 is 0. The fourth-order valence-corrected chi connectivity index (χ4v) is 1.94. The van der Waals surface area contributed by atoms with E-state index in [4.69, 9.17) is 9.47 Å². The second kappa shape index (κ2) is 12.9. The number of rotatable bonds is 8. The fraction of sp³-hybridized carbons (Fsp3) is 0.529. The van der Waals surface area contributed by atoms with Gasteiger partial charge in [0.15, 0.2) is 5.96 Å². The molecular formula is C17H28IN3O3. The molecule has 7 heteroatoms. The van der Waals surface area contributed by atoms with Gasteiger partial charge in [0.2, 0.25) is 0 Å². The average Bonchev–Trinajstić information content (AvgIpc) is 2.52. The Morgan fingerprint density at radius 1 is 1.25 bits per heavy atom. The Kier molecular flexibility index (Phi) is 12.0. The van der Waals surface area contributed by atoms with Gasteiger partial charge in [-0.05, 0) is 26.8 Å². The Bertz CT molecular complexity index is 522. The van der Waals surface area contributed by atoms with Crippen LogP contribution in [0.2, 0.25) is 0 Å². The number of methoxy groups -OCH3 is 1. The van der Waals surface area contributed by atoms with Crippen LogP contribution in [0, 0.1) is 0 Å². The van der Waals surface area contributed by atoms with Gasteiger partial charge < -0.3 is 20.1 Å². The van der Waals surface area contributed by atoms with E-state index in [2.05, 4.69) is 15.6 Å². The number of hydrogen-bond donors (Lipinski definition) is 2. The molecule has 1 rings (SSSR count). The number of carbonyl (C=O) groups is 1. The maximum atomic E-state index is 11.5. The number of nitrogens with one attached hydrogen (secondary N) is 2. The van der Waals surface area contributed by atoms with E-state index in [1.807, 2.05) is 45.0 Å². The normalized spacial score (nSPS) is 10.8. The molecule has 24 heavy (non-hydrogen) atoms. The molecule has 0 bridgehead atoms. The standard InChI is InChI=1S/C17H27N3O3.HI/c1-5-18-17(19-11-10-16(21)23-13(2)3)20-12-14-8-6-7-9-15(14)22-4;/h6-9,13H,5,10-12H2,1-4H3,(H2,18,19,20);1H. The predicted molar refractivity (Wildman–Crippen MR) is 107 cm³/mol. The zero-order valence-corrected chi connectivity index (χ0v) is 17.1. The molecule has 0 atom stereocenters. The van der Waals surface area contributed by atoms with Gasteiger partial charge in [0.05, 0.1) is 26.2 Å². The number of guanidine groups is 1. The van der Waals surface area contributed by atoms with Crippen molar-refractivity contribution in [2.24, 2.45) is 4.99 Å². The van der Waals surface area contributed by atoms with E-state index in [1.165, 1.54) is 0 Å². The molecule has 0 aliphatic rings. The van der Waals surface area contributed by atoms with E-state index in [9.17, 15) is 4.79 Å². The molecule has 0 heterocycles. The van der Waals surface area contributed by atoms with Crippen molar-refractivity contribution in [1.29, 1.82) is 0 Å². The van der Waals surface area contributed by atoms with Crippen LogP contribution in [0.3, 0.4) is 0 Å². The minimum Gasteiger partial charge on any atom is -0.496 e. The van der Waals surface area contributed by atoms with Gasteiger partial charge in [0, 0.05) is 18.7 Å². The van der Waals surface area contributed by atoms with Crippen molar-refractivity contribution < 1.29 is 14.3 Å². The van der Waals surface area contributed by atoms with Crippen LogP contribution in [0.25, 0.3) is 0 Å². The first-order valence-electron chi connectivity index (χ1n) is 7.90. The molecule has 6 nitrogen and oxygen atoms in total. The molecule has 0 unspecified atom stereocenters. The Balaban J connectivity index is 0.00000529. The quantitative estimate of drug-likeness (QED) is 0.277. The molecule has 1 aromatic carbocycles. The van der Waals surface area contributed by atoms with E-state index in [0.29, 0.717) is 25.5 Å². The van der Waals surface area contributed by atoms with Crippen molar-refractivity contribution in [1.82, 2.24) is 10.6 Å². The third-order valence-electron chi connectivity index (χ3n) is 2.93. The van der Waals surface area contributed by atoms with Gasteiger partial charge in [-0.2, -0.15) is 0 Å². The Hall–Kier alpha value is -1.51. The van der Waals surface area contributed by atoms with Crippen LogP contribution >= 0.6 is 24.0 Å². The van der Waals surface area contributed by atoms with E-state index >= 15 is 0 Å². The first-order valence-corrected chi connectivity index (χ1v) is 7.90. The smallest absolute Gasteiger partial charge is 0.307 e. The first-order chi connectivity index (χ1) is 11.1. The van der Waals surface area contributed by atoms with Crippen molar-refractivity contribution in [3.63, 3.8) is 0 Å². The maximum absolute atomic E-state index is 11.5. The molecule has 0 saturated heterocycles. The van der Waals surface area contributed by atoms with Crippen molar-refractivity contribution in [2.45, 2.75) is 39.8 Å². The number of benzene rings is 1. The topological polar surface area (TPSA) is 72.0 Å². The number of halogens is 1. The SMILES string of the molecule is CCNC(=NCc1ccccc1OC)NCCC(=O)OC(C)C.I. The van der Waals surface area contributed by atoms with Gasteiger partial charge in [0.25, 0.3) is 0 Å². The minimum atomic E-state index is -0.215. The summed E-state index contributed by atoms with van der Waals surface area (Å²) < 4.78 is 10.4. The largest absolute Gasteiger partial charge is 0.496 e. The Morgan fingerprint density at radius 3 is 2.58 bits per heavy atom. The highest BCUT2D eigenvalue weighted by atomic mass is 127. The molecule has 0 radical (unpaired) electrons. The second-order valence-corrected chi connectivity index (χ2v) is 5.22. The number of carbonyl (C=O) groups excluding carboxylic acids is 1. The highest BCUT2D eigenvalue weighted by molar-refractivity contribution is 14.0. The average molecular weight is 449 g/mol. The zero-order chi connectivity index (χ0) is 17.1. The fourth-order valence-electron chi connectivity index (χ4n) is 1.94.